The van der Waals surface area contributed by atoms with Crippen LogP contribution in [0.15, 0.2) is 94.6 Å². The fraction of sp³-hybridized carbons (Fsp3) is 0.371. The van der Waals surface area contributed by atoms with E-state index in [1.807, 2.05) is 48.5 Å². The number of para-hydroxylation sites is 4. The van der Waals surface area contributed by atoms with Gasteiger partial charge >= 0.3 is 0 Å². The molecule has 0 atom stereocenters. The molecule has 3 aromatic rings. The Kier molecular flexibility index (Phi) is 13.2. The number of sulfonamides is 1. The van der Waals surface area contributed by atoms with Crippen LogP contribution >= 0.6 is 0 Å². The summed E-state index contributed by atoms with van der Waals surface area (Å²) in [6, 6.07) is 21.3. The second-order valence-electron chi connectivity index (χ2n) is 11.0. The number of morpholine rings is 1. The van der Waals surface area contributed by atoms with Crippen LogP contribution in [0.2, 0.25) is 0 Å². The van der Waals surface area contributed by atoms with Crippen LogP contribution in [-0.4, -0.2) is 63.9 Å². The number of nitrogens with one attached hydrogen (secondary N) is 1. The number of nitrogens with two attached hydrogens (primary N) is 1. The van der Waals surface area contributed by atoms with Gasteiger partial charge < -0.3 is 25.3 Å². The zero-order valence-electron chi connectivity index (χ0n) is 27.4. The molecule has 0 unspecified atom stereocenters. The Morgan fingerprint density at radius 3 is 2.13 bits per heavy atom. The van der Waals surface area contributed by atoms with Gasteiger partial charge in [0.05, 0.1) is 59.7 Å². The molecule has 47 heavy (non-hydrogen) atoms. The Hall–Kier alpha value is -4.39. The number of ether oxygens (including phenoxy) is 3. The van der Waals surface area contributed by atoms with Crippen molar-refractivity contribution in [2.75, 3.05) is 55.6 Å². The van der Waals surface area contributed by atoms with Crippen LogP contribution < -0.4 is 25.5 Å². The van der Waals surface area contributed by atoms with E-state index < -0.39 is 10.0 Å². The number of carbonyl (C=O) groups excluding carboxylic acids is 1. The van der Waals surface area contributed by atoms with E-state index in [0.29, 0.717) is 61.3 Å². The van der Waals surface area contributed by atoms with Crippen molar-refractivity contribution in [2.45, 2.75) is 51.3 Å². The molecule has 2 aliphatic heterocycles. The minimum absolute atomic E-state index is 0.174. The number of rotatable bonds is 13. The molecule has 1 fully saturated rings. The van der Waals surface area contributed by atoms with E-state index in [1.165, 1.54) is 21.4 Å². The first-order valence-corrected chi connectivity index (χ1v) is 17.4. The van der Waals surface area contributed by atoms with Gasteiger partial charge in [-0.15, -0.1) is 0 Å². The van der Waals surface area contributed by atoms with Crippen molar-refractivity contribution in [3.63, 3.8) is 0 Å². The fourth-order valence-electron chi connectivity index (χ4n) is 4.68. The van der Waals surface area contributed by atoms with Crippen molar-refractivity contribution in [3.8, 4) is 11.5 Å². The van der Waals surface area contributed by atoms with Crippen LogP contribution in [0, 0.1) is 0 Å². The molecular weight excluding hydrogens is 618 g/mol. The molecule has 1 saturated heterocycles. The predicted molar refractivity (Wildman–Crippen MR) is 186 cm³/mol. The molecule has 5 rings (SSSR count). The van der Waals surface area contributed by atoms with Crippen molar-refractivity contribution < 1.29 is 27.4 Å². The lowest BCUT2D eigenvalue weighted by Crippen LogP contribution is -2.40. The normalized spacial score (nSPS) is 16.0. The molecule has 0 bridgehead atoms. The summed E-state index contributed by atoms with van der Waals surface area (Å²) in [5.74, 6) is 1.21. The van der Waals surface area contributed by atoms with Gasteiger partial charge in [-0.05, 0) is 68.3 Å². The lowest BCUT2D eigenvalue weighted by Gasteiger charge is -2.26. The van der Waals surface area contributed by atoms with Crippen LogP contribution in [0.5, 0.6) is 11.5 Å². The molecule has 11 nitrogen and oxygen atoms in total. The van der Waals surface area contributed by atoms with Gasteiger partial charge in [0.1, 0.15) is 11.5 Å². The molecule has 1 amide bonds. The van der Waals surface area contributed by atoms with Crippen LogP contribution in [0.3, 0.4) is 0 Å². The number of nitrogen functional groups attached to an aromatic ring is 1. The van der Waals surface area contributed by atoms with Crippen LogP contribution in [0.25, 0.3) is 0 Å². The molecule has 252 valence electrons. The Morgan fingerprint density at radius 1 is 0.894 bits per heavy atom. The molecule has 0 saturated carbocycles. The van der Waals surface area contributed by atoms with Crippen molar-refractivity contribution in [2.24, 2.45) is 5.10 Å². The minimum Gasteiger partial charge on any atom is -0.491 e. The standard InChI is InChI=1S/C25H30N4O5S.C10H15NO/c1-3-4-15-34-24-8-6-5-7-23(24)26-18-22-19(2)27-29(25(22)30)20-9-11-21(12-10-20)35(31,32)28-13-16-33-17-14-28;1-2-3-8-12-10-7-5-4-6-9(10)11/h5-12,18,26H,3-4,13-17H2,1-2H3;4-7H,2-3,8,11H2,1H3/b22-18+;. The highest BCUT2D eigenvalue weighted by molar-refractivity contribution is 7.89. The molecule has 2 aliphatic rings. The first-order chi connectivity index (χ1) is 22.8. The molecule has 0 aromatic heterocycles. The number of carbonyl (C=O) groups is 1. The van der Waals surface area contributed by atoms with E-state index >= 15 is 0 Å². The van der Waals surface area contributed by atoms with Gasteiger partial charge in [-0.1, -0.05) is 51.0 Å². The Morgan fingerprint density at radius 2 is 1.49 bits per heavy atom. The average Bonchev–Trinajstić information content (AvgIpc) is 3.38. The maximum Gasteiger partial charge on any atom is 0.282 e. The van der Waals surface area contributed by atoms with Crippen molar-refractivity contribution in [1.29, 1.82) is 0 Å². The third-order valence-electron chi connectivity index (χ3n) is 7.44. The first kappa shape index (κ1) is 35.5. The summed E-state index contributed by atoms with van der Waals surface area (Å²) in [5, 5.41) is 8.83. The second-order valence-corrected chi connectivity index (χ2v) is 12.9. The second kappa shape index (κ2) is 17.5. The number of unbranched alkanes of at least 4 members (excludes halogenated alkanes) is 2. The van der Waals surface area contributed by atoms with Gasteiger partial charge in [0.15, 0.2) is 0 Å². The number of amides is 1. The van der Waals surface area contributed by atoms with Crippen molar-refractivity contribution in [3.05, 3.63) is 84.6 Å². The summed E-state index contributed by atoms with van der Waals surface area (Å²) < 4.78 is 43.7. The van der Waals surface area contributed by atoms with E-state index in [2.05, 4.69) is 24.3 Å². The molecule has 0 spiro atoms. The third-order valence-corrected chi connectivity index (χ3v) is 9.35. The average molecular weight is 664 g/mol. The summed E-state index contributed by atoms with van der Waals surface area (Å²) in [5.41, 5.74) is 8.61. The maximum absolute atomic E-state index is 13.1. The van der Waals surface area contributed by atoms with Crippen molar-refractivity contribution >= 4 is 38.7 Å². The zero-order valence-corrected chi connectivity index (χ0v) is 28.2. The van der Waals surface area contributed by atoms with Crippen LogP contribution in [0.4, 0.5) is 17.1 Å². The number of anilines is 3. The van der Waals surface area contributed by atoms with Crippen LogP contribution in [-0.2, 0) is 19.6 Å². The minimum atomic E-state index is -3.61. The smallest absolute Gasteiger partial charge is 0.282 e. The van der Waals surface area contributed by atoms with E-state index in [-0.39, 0.29) is 10.8 Å². The number of hydrazone groups is 1. The molecule has 0 radical (unpaired) electrons. The van der Waals surface area contributed by atoms with E-state index in [0.717, 1.165) is 43.7 Å². The monoisotopic (exact) mass is 663 g/mol. The molecule has 2 heterocycles. The number of benzene rings is 3. The van der Waals surface area contributed by atoms with Gasteiger partial charge in [0.25, 0.3) is 5.91 Å². The molecule has 12 heteroatoms. The summed E-state index contributed by atoms with van der Waals surface area (Å²) in [6.07, 6.45) is 5.85. The third kappa shape index (κ3) is 9.57. The summed E-state index contributed by atoms with van der Waals surface area (Å²) >= 11 is 0. The highest BCUT2D eigenvalue weighted by Gasteiger charge is 2.30. The summed E-state index contributed by atoms with van der Waals surface area (Å²) in [7, 11) is -3.61. The van der Waals surface area contributed by atoms with Crippen LogP contribution in [0.1, 0.15) is 46.5 Å². The number of hydrogen-bond donors (Lipinski definition) is 2. The largest absolute Gasteiger partial charge is 0.491 e. The lowest BCUT2D eigenvalue weighted by molar-refractivity contribution is -0.114. The zero-order chi connectivity index (χ0) is 33.6. The maximum atomic E-state index is 13.1. The summed E-state index contributed by atoms with van der Waals surface area (Å²) in [6.45, 7) is 8.79. The van der Waals surface area contributed by atoms with Gasteiger partial charge in [-0.25, -0.2) is 8.42 Å². The van der Waals surface area contributed by atoms with E-state index in [9.17, 15) is 13.2 Å². The Bertz CT molecular complexity index is 1640. The molecule has 3 N–H and O–H groups in total. The topological polar surface area (TPSA) is 136 Å². The van der Waals surface area contributed by atoms with Gasteiger partial charge in [0, 0.05) is 19.3 Å². The van der Waals surface area contributed by atoms with Gasteiger partial charge in [-0.2, -0.15) is 14.4 Å². The SMILES string of the molecule is CCCCOc1ccccc1N.CCCCOc1ccccc1N/C=C1/C(=O)N(c2ccc(S(=O)(=O)N3CCOCC3)cc2)N=C1C. The summed E-state index contributed by atoms with van der Waals surface area (Å²) in [4.78, 5) is 13.3. The Balaban J connectivity index is 0.000000351. The fourth-order valence-corrected chi connectivity index (χ4v) is 6.09. The van der Waals surface area contributed by atoms with Crippen molar-refractivity contribution in [1.82, 2.24) is 4.31 Å². The highest BCUT2D eigenvalue weighted by atomic mass is 32.2. The van der Waals surface area contributed by atoms with E-state index in [4.69, 9.17) is 19.9 Å². The van der Waals surface area contributed by atoms with Gasteiger partial charge in [-0.3, -0.25) is 4.79 Å². The van der Waals surface area contributed by atoms with Gasteiger partial charge in [0.2, 0.25) is 10.0 Å². The molecule has 3 aromatic carbocycles. The quantitative estimate of drug-likeness (QED) is 0.128. The first-order valence-electron chi connectivity index (χ1n) is 16.0. The lowest BCUT2D eigenvalue weighted by atomic mass is 10.2. The predicted octanol–water partition coefficient (Wildman–Crippen LogP) is 6.05. The number of nitrogens with zero attached hydrogens (tertiary/aromatic N) is 3. The van der Waals surface area contributed by atoms with E-state index in [1.54, 1.807) is 25.3 Å². The molecule has 0 aliphatic carbocycles. The number of hydrogen-bond acceptors (Lipinski definition) is 9. The highest BCUT2D eigenvalue weighted by Crippen LogP contribution is 2.28. The Labute approximate surface area is 278 Å². The molecular formula is C35H45N5O6S.